The Bertz CT molecular complexity index is 714. The highest BCUT2D eigenvalue weighted by atomic mass is 16.5. The third-order valence-corrected chi connectivity index (χ3v) is 3.86. The molecule has 2 N–H and O–H groups in total. The maximum Gasteiger partial charge on any atom is 0.319 e. The summed E-state index contributed by atoms with van der Waals surface area (Å²) in [5.41, 5.74) is 3.06. The van der Waals surface area contributed by atoms with E-state index < -0.39 is 0 Å². The van der Waals surface area contributed by atoms with Crippen LogP contribution in [0.5, 0.6) is 11.5 Å². The molecule has 25 heavy (non-hydrogen) atoms. The minimum absolute atomic E-state index is 0.231. The number of carbonyl (C=O) groups is 1. The van der Waals surface area contributed by atoms with E-state index in [4.69, 9.17) is 9.47 Å². The van der Waals surface area contributed by atoms with E-state index in [2.05, 4.69) is 24.5 Å². The lowest BCUT2D eigenvalue weighted by molar-refractivity contribution is 0.247. The summed E-state index contributed by atoms with van der Waals surface area (Å²) >= 11 is 0. The molecular weight excluding hydrogens is 316 g/mol. The summed E-state index contributed by atoms with van der Waals surface area (Å²) in [6.45, 7) is 7.00. The minimum Gasteiger partial charge on any atom is -0.497 e. The smallest absolute Gasteiger partial charge is 0.319 e. The fraction of sp³-hybridized carbons (Fsp3) is 0.350. The van der Waals surface area contributed by atoms with E-state index in [1.165, 1.54) is 0 Å². The number of ether oxygens (including phenoxy) is 2. The zero-order chi connectivity index (χ0) is 18.2. The molecule has 0 heterocycles. The van der Waals surface area contributed by atoms with Crippen molar-refractivity contribution in [3.63, 3.8) is 0 Å². The first-order valence-electron chi connectivity index (χ1n) is 8.42. The number of urea groups is 1. The fourth-order valence-corrected chi connectivity index (χ4v) is 2.52. The molecule has 0 fully saturated rings. The zero-order valence-corrected chi connectivity index (χ0v) is 15.3. The Kier molecular flexibility index (Phi) is 6.69. The molecule has 0 saturated carbocycles. The van der Waals surface area contributed by atoms with Crippen LogP contribution in [-0.2, 0) is 0 Å². The van der Waals surface area contributed by atoms with Gasteiger partial charge in [0.2, 0.25) is 0 Å². The Morgan fingerprint density at radius 1 is 1.12 bits per heavy atom. The molecule has 0 saturated heterocycles. The van der Waals surface area contributed by atoms with Crippen LogP contribution in [0.2, 0.25) is 0 Å². The largest absolute Gasteiger partial charge is 0.497 e. The molecule has 0 aliphatic heterocycles. The quantitative estimate of drug-likeness (QED) is 0.736. The molecule has 0 atom stereocenters. The van der Waals surface area contributed by atoms with Gasteiger partial charge in [-0.15, -0.1) is 0 Å². The summed E-state index contributed by atoms with van der Waals surface area (Å²) in [7, 11) is 1.61. The summed E-state index contributed by atoms with van der Waals surface area (Å²) in [4.78, 5) is 12.2. The molecule has 0 aliphatic carbocycles. The van der Waals surface area contributed by atoms with Crippen molar-refractivity contribution in [2.45, 2.75) is 26.7 Å². The van der Waals surface area contributed by atoms with E-state index in [9.17, 15) is 4.79 Å². The minimum atomic E-state index is -0.231. The Hall–Kier alpha value is -2.69. The molecule has 2 aromatic carbocycles. The van der Waals surface area contributed by atoms with E-state index in [-0.39, 0.29) is 6.03 Å². The molecule has 0 radical (unpaired) electrons. The Morgan fingerprint density at radius 2 is 1.84 bits per heavy atom. The van der Waals surface area contributed by atoms with Gasteiger partial charge < -0.3 is 20.1 Å². The Morgan fingerprint density at radius 3 is 2.56 bits per heavy atom. The number of methoxy groups -OCH3 is 1. The van der Waals surface area contributed by atoms with Crippen molar-refractivity contribution < 1.29 is 14.3 Å². The van der Waals surface area contributed by atoms with Gasteiger partial charge in [-0.25, -0.2) is 4.79 Å². The normalized spacial score (nSPS) is 10.4. The summed E-state index contributed by atoms with van der Waals surface area (Å²) in [6, 6.07) is 13.2. The molecule has 0 spiro atoms. The Balaban J connectivity index is 1.83. The van der Waals surface area contributed by atoms with Gasteiger partial charge in [-0.05, 0) is 36.1 Å². The monoisotopic (exact) mass is 342 g/mol. The van der Waals surface area contributed by atoms with Crippen LogP contribution < -0.4 is 20.1 Å². The molecule has 5 nitrogen and oxygen atoms in total. The number of benzene rings is 2. The van der Waals surface area contributed by atoms with Crippen LogP contribution in [0.1, 0.15) is 30.9 Å². The number of rotatable bonds is 7. The van der Waals surface area contributed by atoms with Gasteiger partial charge in [-0.3, -0.25) is 0 Å². The number of nitrogens with one attached hydrogen (secondary N) is 2. The number of hydrogen-bond acceptors (Lipinski definition) is 3. The van der Waals surface area contributed by atoms with Gasteiger partial charge in [0.1, 0.15) is 18.1 Å². The second-order valence-corrected chi connectivity index (χ2v) is 6.10. The lowest BCUT2D eigenvalue weighted by Crippen LogP contribution is -2.32. The van der Waals surface area contributed by atoms with Crippen LogP contribution in [0.15, 0.2) is 42.5 Å². The molecule has 5 heteroatoms. The Labute approximate surface area is 149 Å². The third kappa shape index (κ3) is 5.41. The van der Waals surface area contributed by atoms with Crippen molar-refractivity contribution in [2.24, 2.45) is 0 Å². The van der Waals surface area contributed by atoms with Gasteiger partial charge in [0, 0.05) is 11.8 Å². The maximum atomic E-state index is 12.2. The number of para-hydroxylation sites is 1. The van der Waals surface area contributed by atoms with Gasteiger partial charge in [0.15, 0.2) is 0 Å². The van der Waals surface area contributed by atoms with Crippen molar-refractivity contribution in [1.29, 1.82) is 0 Å². The number of amides is 2. The average Bonchev–Trinajstić information content (AvgIpc) is 2.60. The van der Waals surface area contributed by atoms with Crippen molar-refractivity contribution in [3.8, 4) is 11.5 Å². The number of aryl methyl sites for hydroxylation is 1. The van der Waals surface area contributed by atoms with Crippen molar-refractivity contribution in [1.82, 2.24) is 5.32 Å². The maximum absolute atomic E-state index is 12.2. The average molecular weight is 342 g/mol. The second-order valence-electron chi connectivity index (χ2n) is 6.10. The van der Waals surface area contributed by atoms with Gasteiger partial charge in [0.25, 0.3) is 0 Å². The van der Waals surface area contributed by atoms with E-state index in [0.717, 1.165) is 22.6 Å². The van der Waals surface area contributed by atoms with Gasteiger partial charge in [-0.2, -0.15) is 0 Å². The molecule has 2 amide bonds. The predicted octanol–water partition coefficient (Wildman–Crippen LogP) is 4.33. The van der Waals surface area contributed by atoms with Crippen LogP contribution in [0, 0.1) is 6.92 Å². The SMILES string of the molecule is COc1cccc(OCCNC(=O)Nc2c(C)cccc2C(C)C)c1. The highest BCUT2D eigenvalue weighted by Gasteiger charge is 2.11. The molecule has 2 aromatic rings. The fourth-order valence-electron chi connectivity index (χ4n) is 2.52. The summed E-state index contributed by atoms with van der Waals surface area (Å²) in [5, 5.41) is 5.77. The lowest BCUT2D eigenvalue weighted by atomic mass is 9.98. The third-order valence-electron chi connectivity index (χ3n) is 3.86. The summed E-state index contributed by atoms with van der Waals surface area (Å²) in [5.74, 6) is 1.79. The van der Waals surface area contributed by atoms with Gasteiger partial charge in [-0.1, -0.05) is 38.1 Å². The van der Waals surface area contributed by atoms with Crippen LogP contribution >= 0.6 is 0 Å². The second kappa shape index (κ2) is 8.97. The standard InChI is InChI=1S/C20H26N2O3/c1-14(2)18-10-5-7-15(3)19(18)22-20(23)21-11-12-25-17-9-6-8-16(13-17)24-4/h5-10,13-14H,11-12H2,1-4H3,(H2,21,22,23). The molecule has 0 unspecified atom stereocenters. The molecular formula is C20H26N2O3. The van der Waals surface area contributed by atoms with Gasteiger partial charge in [0.05, 0.1) is 13.7 Å². The predicted molar refractivity (Wildman–Crippen MR) is 101 cm³/mol. The van der Waals surface area contributed by atoms with Crippen molar-refractivity contribution in [2.75, 3.05) is 25.6 Å². The summed E-state index contributed by atoms with van der Waals surface area (Å²) < 4.78 is 10.8. The molecule has 0 aromatic heterocycles. The van der Waals surface area contributed by atoms with E-state index in [0.29, 0.717) is 24.8 Å². The zero-order valence-electron chi connectivity index (χ0n) is 15.3. The van der Waals surface area contributed by atoms with Crippen LogP contribution in [-0.4, -0.2) is 26.3 Å². The van der Waals surface area contributed by atoms with E-state index in [1.807, 2.05) is 49.4 Å². The first-order valence-corrected chi connectivity index (χ1v) is 8.42. The molecule has 2 rings (SSSR count). The highest BCUT2D eigenvalue weighted by molar-refractivity contribution is 5.91. The lowest BCUT2D eigenvalue weighted by Gasteiger charge is -2.17. The number of anilines is 1. The van der Waals surface area contributed by atoms with Gasteiger partial charge >= 0.3 is 6.03 Å². The number of hydrogen-bond donors (Lipinski definition) is 2. The number of carbonyl (C=O) groups excluding carboxylic acids is 1. The highest BCUT2D eigenvalue weighted by Crippen LogP contribution is 2.27. The van der Waals surface area contributed by atoms with Crippen molar-refractivity contribution >= 4 is 11.7 Å². The molecule has 0 aliphatic rings. The van der Waals surface area contributed by atoms with Crippen molar-refractivity contribution in [3.05, 3.63) is 53.6 Å². The first kappa shape index (κ1) is 18.6. The first-order chi connectivity index (χ1) is 12.0. The van der Waals surface area contributed by atoms with E-state index >= 15 is 0 Å². The molecule has 134 valence electrons. The summed E-state index contributed by atoms with van der Waals surface area (Å²) in [6.07, 6.45) is 0. The topological polar surface area (TPSA) is 59.6 Å². The van der Waals surface area contributed by atoms with Crippen LogP contribution in [0.3, 0.4) is 0 Å². The molecule has 0 bridgehead atoms. The van der Waals surface area contributed by atoms with E-state index in [1.54, 1.807) is 7.11 Å². The van der Waals surface area contributed by atoms with Crippen LogP contribution in [0.4, 0.5) is 10.5 Å². The van der Waals surface area contributed by atoms with Crippen LogP contribution in [0.25, 0.3) is 0 Å².